The van der Waals surface area contributed by atoms with Gasteiger partial charge in [-0.25, -0.2) is 13.4 Å². The van der Waals surface area contributed by atoms with Crippen molar-refractivity contribution in [2.24, 2.45) is 11.7 Å². The van der Waals surface area contributed by atoms with Crippen molar-refractivity contribution in [3.8, 4) is 6.07 Å². The molecule has 0 spiro atoms. The van der Waals surface area contributed by atoms with E-state index in [1.807, 2.05) is 0 Å². The van der Waals surface area contributed by atoms with Gasteiger partial charge in [0.15, 0.2) is 5.69 Å². The molecule has 1 aromatic rings. The van der Waals surface area contributed by atoms with E-state index in [1.54, 1.807) is 13.0 Å². The van der Waals surface area contributed by atoms with Crippen molar-refractivity contribution >= 4 is 15.9 Å². The van der Waals surface area contributed by atoms with Crippen LogP contribution in [0.2, 0.25) is 0 Å². The molecule has 1 aromatic heterocycles. The van der Waals surface area contributed by atoms with Crippen LogP contribution in [0, 0.1) is 17.2 Å². The molecule has 2 rings (SSSR count). The van der Waals surface area contributed by atoms with Crippen LogP contribution < -0.4 is 5.73 Å². The van der Waals surface area contributed by atoms with E-state index in [0.717, 1.165) is 0 Å². The van der Waals surface area contributed by atoms with Crippen LogP contribution >= 0.6 is 0 Å². The summed E-state index contributed by atoms with van der Waals surface area (Å²) in [7, 11) is -3.88. The number of sulfonamides is 1. The van der Waals surface area contributed by atoms with E-state index >= 15 is 0 Å². The summed E-state index contributed by atoms with van der Waals surface area (Å²) in [5.41, 5.74) is 5.14. The molecule has 1 aliphatic heterocycles. The summed E-state index contributed by atoms with van der Waals surface area (Å²) in [5, 5.41) is 9.02. The van der Waals surface area contributed by atoms with Crippen molar-refractivity contribution in [3.05, 3.63) is 24.0 Å². The third-order valence-electron chi connectivity index (χ3n) is 3.69. The highest BCUT2D eigenvalue weighted by Crippen LogP contribution is 2.28. The number of hydrogen-bond acceptors (Lipinski definition) is 5. The minimum atomic E-state index is -3.88. The average molecular weight is 308 g/mol. The Morgan fingerprint density at radius 1 is 1.52 bits per heavy atom. The Morgan fingerprint density at radius 2 is 2.24 bits per heavy atom. The highest BCUT2D eigenvalue weighted by atomic mass is 32.2. The molecule has 0 saturated carbocycles. The number of nitrogens with zero attached hydrogens (tertiary/aromatic N) is 3. The molecule has 0 radical (unpaired) electrons. The zero-order valence-corrected chi connectivity index (χ0v) is 12.4. The van der Waals surface area contributed by atoms with Crippen molar-refractivity contribution < 1.29 is 13.2 Å². The minimum Gasteiger partial charge on any atom is -0.369 e. The lowest BCUT2D eigenvalue weighted by molar-refractivity contribution is -0.123. The van der Waals surface area contributed by atoms with Gasteiger partial charge in [0.1, 0.15) is 11.0 Å². The van der Waals surface area contributed by atoms with Crippen molar-refractivity contribution in [2.75, 3.05) is 6.54 Å². The van der Waals surface area contributed by atoms with Gasteiger partial charge in [-0.3, -0.25) is 4.79 Å². The molecule has 2 atom stereocenters. The second-order valence-electron chi connectivity index (χ2n) is 5.06. The van der Waals surface area contributed by atoms with Crippen LogP contribution in [0.1, 0.15) is 25.5 Å². The third-order valence-corrected chi connectivity index (χ3v) is 5.70. The van der Waals surface area contributed by atoms with Gasteiger partial charge in [0.25, 0.3) is 0 Å². The van der Waals surface area contributed by atoms with Crippen molar-refractivity contribution in [3.63, 3.8) is 0 Å². The quantitative estimate of drug-likeness (QED) is 0.857. The van der Waals surface area contributed by atoms with Crippen LogP contribution in [0.15, 0.2) is 23.2 Å². The topological polar surface area (TPSA) is 117 Å². The van der Waals surface area contributed by atoms with Crippen LogP contribution in [-0.2, 0) is 14.8 Å². The molecule has 0 aromatic carbocycles. The van der Waals surface area contributed by atoms with Crippen LogP contribution in [-0.4, -0.2) is 36.2 Å². The predicted octanol–water partition coefficient (Wildman–Crippen LogP) is 0.228. The van der Waals surface area contributed by atoms with Crippen LogP contribution in [0.4, 0.5) is 0 Å². The Labute approximate surface area is 123 Å². The van der Waals surface area contributed by atoms with Gasteiger partial charge in [0.05, 0.1) is 5.92 Å². The molecule has 112 valence electrons. The van der Waals surface area contributed by atoms with E-state index in [4.69, 9.17) is 11.0 Å². The molecule has 2 N–H and O–H groups in total. The summed E-state index contributed by atoms with van der Waals surface area (Å²) in [4.78, 5) is 15.0. The zero-order chi connectivity index (χ0) is 15.6. The van der Waals surface area contributed by atoms with Crippen molar-refractivity contribution in [1.29, 1.82) is 5.26 Å². The molecule has 2 heterocycles. The molecule has 1 saturated heterocycles. The largest absolute Gasteiger partial charge is 0.369 e. The van der Waals surface area contributed by atoms with E-state index in [1.165, 1.54) is 22.6 Å². The van der Waals surface area contributed by atoms with Gasteiger partial charge in [0.2, 0.25) is 15.9 Å². The van der Waals surface area contributed by atoms with E-state index in [0.29, 0.717) is 12.8 Å². The van der Waals surface area contributed by atoms with Gasteiger partial charge < -0.3 is 5.73 Å². The van der Waals surface area contributed by atoms with Crippen LogP contribution in [0.25, 0.3) is 0 Å². The maximum absolute atomic E-state index is 12.7. The van der Waals surface area contributed by atoms with E-state index in [-0.39, 0.29) is 23.2 Å². The van der Waals surface area contributed by atoms with Crippen LogP contribution in [0.5, 0.6) is 0 Å². The van der Waals surface area contributed by atoms with Gasteiger partial charge in [-0.2, -0.15) is 9.57 Å². The first-order valence-electron chi connectivity index (χ1n) is 6.54. The minimum absolute atomic E-state index is 0.0403. The number of rotatable bonds is 3. The molecule has 21 heavy (non-hydrogen) atoms. The number of pyridine rings is 1. The number of aromatic nitrogens is 1. The lowest BCUT2D eigenvalue weighted by atomic mass is 9.95. The van der Waals surface area contributed by atoms with Gasteiger partial charge in [0, 0.05) is 18.8 Å². The average Bonchev–Trinajstić information content (AvgIpc) is 2.47. The van der Waals surface area contributed by atoms with Gasteiger partial charge in [-0.1, -0.05) is 0 Å². The fourth-order valence-electron chi connectivity index (χ4n) is 2.45. The summed E-state index contributed by atoms with van der Waals surface area (Å²) < 4.78 is 26.7. The number of carbonyl (C=O) groups is 1. The lowest BCUT2D eigenvalue weighted by Gasteiger charge is -2.35. The molecular weight excluding hydrogens is 292 g/mol. The summed E-state index contributed by atoms with van der Waals surface area (Å²) in [6, 6.07) is 4.34. The summed E-state index contributed by atoms with van der Waals surface area (Å²) in [6.45, 7) is 1.82. The summed E-state index contributed by atoms with van der Waals surface area (Å²) in [5.74, 6) is -1.01. The SMILES string of the molecule is CC1CCC(C(N)=O)CN1S(=O)(=O)c1cccnc1C#N. The molecule has 0 bridgehead atoms. The van der Waals surface area contributed by atoms with Gasteiger partial charge >= 0.3 is 0 Å². The second-order valence-corrected chi connectivity index (χ2v) is 6.92. The number of nitriles is 1. The Morgan fingerprint density at radius 3 is 2.86 bits per heavy atom. The summed E-state index contributed by atoms with van der Waals surface area (Å²) in [6.07, 6.45) is 2.49. The molecule has 2 unspecified atom stereocenters. The first kappa shape index (κ1) is 15.4. The first-order chi connectivity index (χ1) is 9.87. The monoisotopic (exact) mass is 308 g/mol. The Bertz CT molecular complexity index is 696. The normalized spacial score (nSPS) is 23.4. The zero-order valence-electron chi connectivity index (χ0n) is 11.6. The standard InChI is InChI=1S/C13H16N4O3S/c1-9-4-5-10(13(15)18)8-17(9)21(19,20)12-3-2-6-16-11(12)7-14/h2-3,6,9-10H,4-5,8H2,1H3,(H2,15,18). The van der Waals surface area contributed by atoms with Crippen molar-refractivity contribution in [2.45, 2.75) is 30.7 Å². The first-order valence-corrected chi connectivity index (χ1v) is 7.98. The van der Waals surface area contributed by atoms with Crippen molar-refractivity contribution in [1.82, 2.24) is 9.29 Å². The maximum atomic E-state index is 12.7. The Balaban J connectivity index is 2.42. The fourth-order valence-corrected chi connectivity index (χ4v) is 4.25. The number of carbonyl (C=O) groups excluding carboxylic acids is 1. The highest BCUT2D eigenvalue weighted by molar-refractivity contribution is 7.89. The molecule has 1 amide bonds. The van der Waals surface area contributed by atoms with Crippen LogP contribution in [0.3, 0.4) is 0 Å². The molecule has 7 nitrogen and oxygen atoms in total. The molecule has 1 aliphatic rings. The lowest BCUT2D eigenvalue weighted by Crippen LogP contribution is -2.48. The number of piperidine rings is 1. The third kappa shape index (κ3) is 2.89. The molecule has 0 aliphatic carbocycles. The van der Waals surface area contributed by atoms with Gasteiger partial charge in [-0.15, -0.1) is 0 Å². The Hall–Kier alpha value is -1.98. The number of primary amides is 1. The second kappa shape index (κ2) is 5.79. The van der Waals surface area contributed by atoms with E-state index in [9.17, 15) is 13.2 Å². The summed E-state index contributed by atoms with van der Waals surface area (Å²) >= 11 is 0. The molecular formula is C13H16N4O3S. The van der Waals surface area contributed by atoms with E-state index in [2.05, 4.69) is 4.98 Å². The molecule has 8 heteroatoms. The molecule has 1 fully saturated rings. The smallest absolute Gasteiger partial charge is 0.246 e. The predicted molar refractivity (Wildman–Crippen MR) is 74.2 cm³/mol. The number of nitrogens with two attached hydrogens (primary N) is 1. The Kier molecular flexibility index (Phi) is 4.25. The highest BCUT2D eigenvalue weighted by Gasteiger charge is 2.37. The number of hydrogen-bond donors (Lipinski definition) is 1. The number of amides is 1. The maximum Gasteiger partial charge on any atom is 0.246 e. The van der Waals surface area contributed by atoms with Gasteiger partial charge in [-0.05, 0) is 31.9 Å². The van der Waals surface area contributed by atoms with E-state index < -0.39 is 21.8 Å². The fraction of sp³-hybridized carbons (Fsp3) is 0.462.